The number of rotatable bonds is 2. The van der Waals surface area contributed by atoms with Gasteiger partial charge < -0.3 is 4.74 Å². The molecule has 1 amide bonds. The molecule has 0 aliphatic rings. The fourth-order valence-electron chi connectivity index (χ4n) is 0.926. The summed E-state index contributed by atoms with van der Waals surface area (Å²) < 4.78 is 5.00. The molecule has 1 rings (SSSR count). The van der Waals surface area contributed by atoms with Crippen molar-refractivity contribution in [3.63, 3.8) is 0 Å². The Morgan fingerprint density at radius 1 is 1.40 bits per heavy atom. The summed E-state index contributed by atoms with van der Waals surface area (Å²) in [5.74, 6) is 2.37. The SMILES string of the molecule is C#CC(C)(C)OC(=O)Nc1ccccc1. The molecule has 0 aliphatic carbocycles. The average Bonchev–Trinajstić information content (AvgIpc) is 2.18. The van der Waals surface area contributed by atoms with Crippen LogP contribution in [0, 0.1) is 12.3 Å². The highest BCUT2D eigenvalue weighted by atomic mass is 16.6. The van der Waals surface area contributed by atoms with Crippen molar-refractivity contribution in [1.29, 1.82) is 0 Å². The van der Waals surface area contributed by atoms with Crippen molar-refractivity contribution in [3.8, 4) is 12.3 Å². The number of nitrogens with one attached hydrogen (secondary N) is 1. The largest absolute Gasteiger partial charge is 0.430 e. The second-order valence-electron chi connectivity index (χ2n) is 3.54. The van der Waals surface area contributed by atoms with E-state index in [4.69, 9.17) is 11.2 Å². The predicted molar refractivity (Wildman–Crippen MR) is 59.5 cm³/mol. The van der Waals surface area contributed by atoms with Crippen molar-refractivity contribution >= 4 is 11.8 Å². The van der Waals surface area contributed by atoms with Gasteiger partial charge in [-0.2, -0.15) is 0 Å². The Bertz CT molecular complexity index is 376. The number of amides is 1. The molecule has 78 valence electrons. The molecule has 0 fully saturated rings. The van der Waals surface area contributed by atoms with Gasteiger partial charge in [-0.25, -0.2) is 4.79 Å². The summed E-state index contributed by atoms with van der Waals surface area (Å²) in [7, 11) is 0. The number of carbonyl (C=O) groups is 1. The first-order valence-corrected chi connectivity index (χ1v) is 4.56. The van der Waals surface area contributed by atoms with Crippen LogP contribution in [0.5, 0.6) is 0 Å². The molecule has 1 N–H and O–H groups in total. The van der Waals surface area contributed by atoms with Crippen LogP contribution in [0.1, 0.15) is 13.8 Å². The standard InChI is InChI=1S/C12H13NO2/c1-4-12(2,3)15-11(14)13-10-8-6-5-7-9-10/h1,5-9H,2-3H3,(H,13,14). The molecule has 0 heterocycles. The van der Waals surface area contributed by atoms with Gasteiger partial charge in [0.25, 0.3) is 0 Å². The number of terminal acetylenes is 1. The summed E-state index contributed by atoms with van der Waals surface area (Å²) in [5.41, 5.74) is -0.214. The minimum atomic E-state index is -0.890. The highest BCUT2D eigenvalue weighted by Crippen LogP contribution is 2.10. The van der Waals surface area contributed by atoms with E-state index in [1.165, 1.54) is 0 Å². The van der Waals surface area contributed by atoms with E-state index in [-0.39, 0.29) is 0 Å². The fraction of sp³-hybridized carbons (Fsp3) is 0.250. The minimum Gasteiger partial charge on any atom is -0.430 e. The third-order valence-corrected chi connectivity index (χ3v) is 1.72. The highest BCUT2D eigenvalue weighted by molar-refractivity contribution is 5.84. The summed E-state index contributed by atoms with van der Waals surface area (Å²) in [6.07, 6.45) is 4.64. The number of hydrogen-bond acceptors (Lipinski definition) is 2. The maximum atomic E-state index is 11.4. The first-order valence-electron chi connectivity index (χ1n) is 4.56. The number of benzene rings is 1. The molecule has 0 aliphatic heterocycles. The van der Waals surface area contributed by atoms with Crippen LogP contribution in [0.3, 0.4) is 0 Å². The van der Waals surface area contributed by atoms with Gasteiger partial charge in [-0.05, 0) is 26.0 Å². The van der Waals surface area contributed by atoms with E-state index < -0.39 is 11.7 Å². The van der Waals surface area contributed by atoms with Gasteiger partial charge in [0, 0.05) is 5.69 Å². The van der Waals surface area contributed by atoms with Crippen molar-refractivity contribution in [2.24, 2.45) is 0 Å². The van der Waals surface area contributed by atoms with Crippen molar-refractivity contribution in [2.45, 2.75) is 19.4 Å². The third-order valence-electron chi connectivity index (χ3n) is 1.72. The van der Waals surface area contributed by atoms with Gasteiger partial charge in [0.2, 0.25) is 0 Å². The Kier molecular flexibility index (Phi) is 3.35. The van der Waals surface area contributed by atoms with Crippen LogP contribution in [-0.2, 0) is 4.74 Å². The zero-order chi connectivity index (χ0) is 11.3. The maximum Gasteiger partial charge on any atom is 0.413 e. The van der Waals surface area contributed by atoms with Crippen molar-refractivity contribution in [1.82, 2.24) is 0 Å². The molecule has 0 aromatic heterocycles. The lowest BCUT2D eigenvalue weighted by Crippen LogP contribution is -2.28. The van der Waals surface area contributed by atoms with E-state index in [0.29, 0.717) is 5.69 Å². The zero-order valence-electron chi connectivity index (χ0n) is 8.78. The normalized spacial score (nSPS) is 10.2. The Morgan fingerprint density at radius 2 is 2.00 bits per heavy atom. The average molecular weight is 203 g/mol. The molecular formula is C12H13NO2. The Labute approximate surface area is 89.4 Å². The molecule has 0 atom stereocenters. The molecule has 3 heteroatoms. The lowest BCUT2D eigenvalue weighted by Gasteiger charge is -2.18. The summed E-state index contributed by atoms with van der Waals surface area (Å²) in [4.78, 5) is 11.4. The van der Waals surface area contributed by atoms with Crippen molar-refractivity contribution in [2.75, 3.05) is 5.32 Å². The monoisotopic (exact) mass is 203 g/mol. The smallest absolute Gasteiger partial charge is 0.413 e. The number of ether oxygens (including phenoxy) is 1. The van der Waals surface area contributed by atoms with Gasteiger partial charge in [0.05, 0.1) is 0 Å². The molecule has 1 aromatic rings. The molecule has 0 unspecified atom stereocenters. The highest BCUT2D eigenvalue weighted by Gasteiger charge is 2.19. The summed E-state index contributed by atoms with van der Waals surface area (Å²) in [5, 5.41) is 2.58. The topological polar surface area (TPSA) is 38.3 Å². The first-order chi connectivity index (χ1) is 7.03. The summed E-state index contributed by atoms with van der Waals surface area (Å²) in [6.45, 7) is 3.30. The van der Waals surface area contributed by atoms with E-state index >= 15 is 0 Å². The molecule has 3 nitrogen and oxygen atoms in total. The molecule has 0 bridgehead atoms. The van der Waals surface area contributed by atoms with Gasteiger partial charge in [0.15, 0.2) is 5.60 Å². The zero-order valence-corrected chi connectivity index (χ0v) is 8.78. The van der Waals surface area contributed by atoms with E-state index in [1.807, 2.05) is 18.2 Å². The van der Waals surface area contributed by atoms with Crippen LogP contribution in [0.4, 0.5) is 10.5 Å². The van der Waals surface area contributed by atoms with Crippen LogP contribution in [0.15, 0.2) is 30.3 Å². The molecule has 1 aromatic carbocycles. The number of anilines is 1. The Morgan fingerprint density at radius 3 is 2.53 bits per heavy atom. The van der Waals surface area contributed by atoms with Crippen LogP contribution >= 0.6 is 0 Å². The Balaban J connectivity index is 2.55. The van der Waals surface area contributed by atoms with Crippen molar-refractivity contribution < 1.29 is 9.53 Å². The number of carbonyl (C=O) groups excluding carboxylic acids is 1. The molecule has 15 heavy (non-hydrogen) atoms. The maximum absolute atomic E-state index is 11.4. The summed E-state index contributed by atoms with van der Waals surface area (Å²) in [6, 6.07) is 9.04. The number of hydrogen-bond donors (Lipinski definition) is 1. The summed E-state index contributed by atoms with van der Waals surface area (Å²) >= 11 is 0. The van der Waals surface area contributed by atoms with Gasteiger partial charge in [-0.1, -0.05) is 24.1 Å². The molecule has 0 radical (unpaired) electrons. The lowest BCUT2D eigenvalue weighted by molar-refractivity contribution is 0.0906. The third kappa shape index (κ3) is 3.74. The Hall–Kier alpha value is -1.95. The molecule has 0 saturated carbocycles. The van der Waals surface area contributed by atoms with Gasteiger partial charge in [-0.3, -0.25) is 5.32 Å². The minimum absolute atomic E-state index is 0.552. The van der Waals surface area contributed by atoms with E-state index in [1.54, 1.807) is 26.0 Å². The first kappa shape index (κ1) is 11.1. The van der Waals surface area contributed by atoms with Gasteiger partial charge in [-0.15, -0.1) is 6.42 Å². The molecule has 0 spiro atoms. The van der Waals surface area contributed by atoms with Crippen LogP contribution in [0.2, 0.25) is 0 Å². The molecule has 0 saturated heterocycles. The van der Waals surface area contributed by atoms with E-state index in [0.717, 1.165) is 0 Å². The second kappa shape index (κ2) is 4.52. The second-order valence-corrected chi connectivity index (χ2v) is 3.54. The molecular weight excluding hydrogens is 190 g/mol. The predicted octanol–water partition coefficient (Wildman–Crippen LogP) is 2.65. The quantitative estimate of drug-likeness (QED) is 0.750. The van der Waals surface area contributed by atoms with Crippen LogP contribution in [-0.4, -0.2) is 11.7 Å². The lowest BCUT2D eigenvalue weighted by atomic mass is 10.1. The number of para-hydroxylation sites is 1. The fourth-order valence-corrected chi connectivity index (χ4v) is 0.926. The van der Waals surface area contributed by atoms with E-state index in [2.05, 4.69) is 11.2 Å². The van der Waals surface area contributed by atoms with Gasteiger partial charge in [0.1, 0.15) is 0 Å². The van der Waals surface area contributed by atoms with Crippen LogP contribution < -0.4 is 5.32 Å². The van der Waals surface area contributed by atoms with Crippen molar-refractivity contribution in [3.05, 3.63) is 30.3 Å². The van der Waals surface area contributed by atoms with Crippen LogP contribution in [0.25, 0.3) is 0 Å². The van der Waals surface area contributed by atoms with E-state index in [9.17, 15) is 4.79 Å². The van der Waals surface area contributed by atoms with Gasteiger partial charge >= 0.3 is 6.09 Å².